The predicted octanol–water partition coefficient (Wildman–Crippen LogP) is 4.38. The minimum Gasteiger partial charge on any atom is -0.382 e. The third-order valence-electron chi connectivity index (χ3n) is 3.10. The molecule has 0 saturated carbocycles. The van der Waals surface area contributed by atoms with E-state index < -0.39 is 0 Å². The average molecular weight is 282 g/mol. The number of anilines is 2. The Labute approximate surface area is 126 Å². The van der Waals surface area contributed by atoms with Gasteiger partial charge in [-0.2, -0.15) is 0 Å². The van der Waals surface area contributed by atoms with Crippen molar-refractivity contribution < 1.29 is 4.79 Å². The molecule has 1 amide bonds. The Bertz CT molecular complexity index is 627. The Morgan fingerprint density at radius 1 is 1.00 bits per heavy atom. The van der Waals surface area contributed by atoms with Crippen molar-refractivity contribution >= 4 is 17.3 Å². The van der Waals surface area contributed by atoms with Gasteiger partial charge in [-0.15, -0.1) is 0 Å². The summed E-state index contributed by atoms with van der Waals surface area (Å²) in [6, 6.07) is 13.9. The highest BCUT2D eigenvalue weighted by molar-refractivity contribution is 6.08. The normalized spacial score (nSPS) is 10.5. The molecule has 0 aromatic heterocycles. The fourth-order valence-electron chi connectivity index (χ4n) is 2.36. The highest BCUT2D eigenvalue weighted by atomic mass is 16.1. The van der Waals surface area contributed by atoms with E-state index in [0.717, 1.165) is 22.5 Å². The quantitative estimate of drug-likeness (QED) is 0.874. The SMILES string of the molecule is Cc1cc(C)cc(NC(=O)c2ccccc2NC(C)C)c1. The van der Waals surface area contributed by atoms with E-state index in [1.807, 2.05) is 50.2 Å². The number of carbonyl (C=O) groups is 1. The first-order valence-corrected chi connectivity index (χ1v) is 7.21. The molecule has 0 spiro atoms. The van der Waals surface area contributed by atoms with Crippen LogP contribution >= 0.6 is 0 Å². The number of carbonyl (C=O) groups excluding carboxylic acids is 1. The number of aryl methyl sites for hydroxylation is 2. The van der Waals surface area contributed by atoms with Crippen LogP contribution in [-0.2, 0) is 0 Å². The van der Waals surface area contributed by atoms with Crippen LogP contribution in [-0.4, -0.2) is 11.9 Å². The van der Waals surface area contributed by atoms with E-state index in [9.17, 15) is 4.79 Å². The van der Waals surface area contributed by atoms with Crippen LogP contribution in [0.3, 0.4) is 0 Å². The fraction of sp³-hybridized carbons (Fsp3) is 0.278. The summed E-state index contributed by atoms with van der Waals surface area (Å²) in [6.07, 6.45) is 0. The van der Waals surface area contributed by atoms with E-state index in [0.29, 0.717) is 5.56 Å². The van der Waals surface area contributed by atoms with Gasteiger partial charge in [-0.05, 0) is 63.1 Å². The van der Waals surface area contributed by atoms with E-state index in [4.69, 9.17) is 0 Å². The maximum atomic E-state index is 12.5. The summed E-state index contributed by atoms with van der Waals surface area (Å²) in [5, 5.41) is 6.28. The second-order valence-corrected chi connectivity index (χ2v) is 5.68. The van der Waals surface area contributed by atoms with Gasteiger partial charge in [0.1, 0.15) is 0 Å². The lowest BCUT2D eigenvalue weighted by Crippen LogP contribution is -2.17. The van der Waals surface area contributed by atoms with E-state index in [-0.39, 0.29) is 11.9 Å². The lowest BCUT2D eigenvalue weighted by molar-refractivity contribution is 0.102. The number of nitrogens with one attached hydrogen (secondary N) is 2. The summed E-state index contributed by atoms with van der Waals surface area (Å²) in [5.41, 5.74) is 4.62. The van der Waals surface area contributed by atoms with Crippen LogP contribution in [0, 0.1) is 13.8 Å². The van der Waals surface area contributed by atoms with Crippen molar-refractivity contribution in [3.8, 4) is 0 Å². The molecular weight excluding hydrogens is 260 g/mol. The highest BCUT2D eigenvalue weighted by Gasteiger charge is 2.12. The Morgan fingerprint density at radius 3 is 2.24 bits per heavy atom. The van der Waals surface area contributed by atoms with Gasteiger partial charge >= 0.3 is 0 Å². The first kappa shape index (κ1) is 15.1. The molecule has 2 aromatic carbocycles. The Morgan fingerprint density at radius 2 is 1.62 bits per heavy atom. The monoisotopic (exact) mass is 282 g/mol. The smallest absolute Gasteiger partial charge is 0.257 e. The molecule has 0 atom stereocenters. The molecule has 2 rings (SSSR count). The molecule has 0 aliphatic carbocycles. The summed E-state index contributed by atoms with van der Waals surface area (Å²) in [6.45, 7) is 8.16. The maximum absolute atomic E-state index is 12.5. The third-order valence-corrected chi connectivity index (χ3v) is 3.10. The number of rotatable bonds is 4. The standard InChI is InChI=1S/C18H22N2O/c1-12(2)19-17-8-6-5-7-16(17)18(21)20-15-10-13(3)9-14(4)11-15/h5-12,19H,1-4H3,(H,20,21). The Hall–Kier alpha value is -2.29. The lowest BCUT2D eigenvalue weighted by atomic mass is 10.1. The second kappa shape index (κ2) is 6.44. The van der Waals surface area contributed by atoms with Gasteiger partial charge < -0.3 is 10.6 Å². The van der Waals surface area contributed by atoms with Crippen molar-refractivity contribution in [2.24, 2.45) is 0 Å². The Kier molecular flexibility index (Phi) is 4.63. The van der Waals surface area contributed by atoms with Crippen molar-refractivity contribution in [3.63, 3.8) is 0 Å². The topological polar surface area (TPSA) is 41.1 Å². The van der Waals surface area contributed by atoms with Gasteiger partial charge in [0, 0.05) is 17.4 Å². The molecule has 2 N–H and O–H groups in total. The van der Waals surface area contributed by atoms with Gasteiger partial charge in [0.15, 0.2) is 0 Å². The number of amides is 1. The van der Waals surface area contributed by atoms with Crippen molar-refractivity contribution in [1.82, 2.24) is 0 Å². The van der Waals surface area contributed by atoms with E-state index in [1.54, 1.807) is 0 Å². The van der Waals surface area contributed by atoms with Crippen molar-refractivity contribution in [2.45, 2.75) is 33.7 Å². The van der Waals surface area contributed by atoms with Crippen LogP contribution < -0.4 is 10.6 Å². The fourth-order valence-corrected chi connectivity index (χ4v) is 2.36. The largest absolute Gasteiger partial charge is 0.382 e. The molecule has 2 aromatic rings. The van der Waals surface area contributed by atoms with Crippen LogP contribution in [0.5, 0.6) is 0 Å². The number of benzene rings is 2. The molecule has 0 fully saturated rings. The lowest BCUT2D eigenvalue weighted by Gasteiger charge is -2.15. The first-order chi connectivity index (χ1) is 9.95. The van der Waals surface area contributed by atoms with Gasteiger partial charge in [-0.25, -0.2) is 0 Å². The zero-order valence-electron chi connectivity index (χ0n) is 13.0. The van der Waals surface area contributed by atoms with Gasteiger partial charge in [0.2, 0.25) is 0 Å². The molecule has 0 saturated heterocycles. The van der Waals surface area contributed by atoms with Crippen LogP contribution in [0.1, 0.15) is 35.3 Å². The minimum atomic E-state index is -0.0937. The van der Waals surface area contributed by atoms with Gasteiger partial charge in [-0.3, -0.25) is 4.79 Å². The van der Waals surface area contributed by atoms with Crippen molar-refractivity contribution in [1.29, 1.82) is 0 Å². The molecule has 0 heterocycles. The predicted molar refractivity (Wildman–Crippen MR) is 89.1 cm³/mol. The summed E-state index contributed by atoms with van der Waals surface area (Å²) in [7, 11) is 0. The molecule has 0 bridgehead atoms. The molecule has 0 radical (unpaired) electrons. The van der Waals surface area contributed by atoms with Gasteiger partial charge in [-0.1, -0.05) is 18.2 Å². The molecule has 3 heteroatoms. The van der Waals surface area contributed by atoms with Crippen LogP contribution in [0.25, 0.3) is 0 Å². The molecular formula is C18H22N2O. The molecule has 0 aliphatic heterocycles. The maximum Gasteiger partial charge on any atom is 0.257 e. The summed E-state index contributed by atoms with van der Waals surface area (Å²) in [4.78, 5) is 12.5. The molecule has 0 unspecified atom stereocenters. The minimum absolute atomic E-state index is 0.0937. The zero-order valence-corrected chi connectivity index (χ0v) is 13.0. The Balaban J connectivity index is 2.24. The van der Waals surface area contributed by atoms with E-state index >= 15 is 0 Å². The molecule has 110 valence electrons. The molecule has 0 aliphatic rings. The van der Waals surface area contributed by atoms with E-state index in [2.05, 4.69) is 30.5 Å². The first-order valence-electron chi connectivity index (χ1n) is 7.21. The second-order valence-electron chi connectivity index (χ2n) is 5.68. The molecule has 3 nitrogen and oxygen atoms in total. The highest BCUT2D eigenvalue weighted by Crippen LogP contribution is 2.19. The van der Waals surface area contributed by atoms with Crippen LogP contribution in [0.15, 0.2) is 42.5 Å². The summed E-state index contributed by atoms with van der Waals surface area (Å²) >= 11 is 0. The number of hydrogen-bond acceptors (Lipinski definition) is 2. The van der Waals surface area contributed by atoms with Crippen LogP contribution in [0.4, 0.5) is 11.4 Å². The number of hydrogen-bond donors (Lipinski definition) is 2. The van der Waals surface area contributed by atoms with Gasteiger partial charge in [0.05, 0.1) is 5.56 Å². The third kappa shape index (κ3) is 4.09. The van der Waals surface area contributed by atoms with Crippen molar-refractivity contribution in [3.05, 3.63) is 59.2 Å². The summed E-state index contributed by atoms with van der Waals surface area (Å²) in [5.74, 6) is -0.0937. The van der Waals surface area contributed by atoms with Gasteiger partial charge in [0.25, 0.3) is 5.91 Å². The van der Waals surface area contributed by atoms with Crippen molar-refractivity contribution in [2.75, 3.05) is 10.6 Å². The number of para-hydroxylation sites is 1. The van der Waals surface area contributed by atoms with Crippen LogP contribution in [0.2, 0.25) is 0 Å². The van der Waals surface area contributed by atoms with E-state index in [1.165, 1.54) is 0 Å². The average Bonchev–Trinajstić information content (AvgIpc) is 2.37. The molecule has 21 heavy (non-hydrogen) atoms. The summed E-state index contributed by atoms with van der Waals surface area (Å²) < 4.78 is 0. The zero-order chi connectivity index (χ0) is 15.4.